The van der Waals surface area contributed by atoms with Gasteiger partial charge in [0.2, 0.25) is 0 Å². The van der Waals surface area contributed by atoms with Crippen molar-refractivity contribution < 1.29 is 4.79 Å². The minimum Gasteiger partial charge on any atom is -0.337 e. The molecule has 3 aliphatic rings. The molecule has 0 atom stereocenters. The average Bonchev–Trinajstić information content (AvgIpc) is 3.21. The van der Waals surface area contributed by atoms with Crippen LogP contribution in [0.5, 0.6) is 0 Å². The van der Waals surface area contributed by atoms with Gasteiger partial charge in [0, 0.05) is 32.7 Å². The Labute approximate surface area is 146 Å². The second kappa shape index (κ2) is 7.22. The highest BCUT2D eigenvalue weighted by molar-refractivity contribution is 5.92. The number of aromatic nitrogens is 1. The van der Waals surface area contributed by atoms with Gasteiger partial charge in [0.05, 0.1) is 5.69 Å². The molecular weight excluding hydrogens is 298 g/mol. The van der Waals surface area contributed by atoms with E-state index in [1.54, 1.807) is 0 Å². The Balaban J connectivity index is 0.000000815. The van der Waals surface area contributed by atoms with Crippen LogP contribution in [0.3, 0.4) is 0 Å². The molecule has 0 radical (unpaired) electrons. The Morgan fingerprint density at radius 1 is 1.25 bits per heavy atom. The predicted octanol–water partition coefficient (Wildman–Crippen LogP) is 3.58. The maximum absolute atomic E-state index is 12.6. The Kier molecular flexibility index (Phi) is 5.24. The largest absolute Gasteiger partial charge is 0.337 e. The number of pyridine rings is 1. The molecule has 1 aromatic heterocycles. The SMILES string of the molecule is CC.CCC1CN(Cc2cccc(C(=O)N3CCC4(CC4)C3)n2)C1. The summed E-state index contributed by atoms with van der Waals surface area (Å²) in [6, 6.07) is 5.90. The molecule has 2 aliphatic heterocycles. The van der Waals surface area contributed by atoms with Crippen LogP contribution in [0.1, 0.15) is 62.6 Å². The molecule has 0 bridgehead atoms. The minimum atomic E-state index is 0.126. The van der Waals surface area contributed by atoms with E-state index in [1.807, 2.05) is 36.9 Å². The quantitative estimate of drug-likeness (QED) is 0.847. The summed E-state index contributed by atoms with van der Waals surface area (Å²) in [6.07, 6.45) is 5.05. The zero-order valence-electron chi connectivity index (χ0n) is 15.4. The first-order valence-corrected chi connectivity index (χ1v) is 9.65. The molecule has 4 heteroatoms. The van der Waals surface area contributed by atoms with Crippen LogP contribution in [0.2, 0.25) is 0 Å². The van der Waals surface area contributed by atoms with Crippen LogP contribution in [-0.2, 0) is 6.54 Å². The normalized spacial score (nSPS) is 22.0. The van der Waals surface area contributed by atoms with Crippen molar-refractivity contribution in [3.05, 3.63) is 29.6 Å². The monoisotopic (exact) mass is 329 g/mol. The molecule has 4 nitrogen and oxygen atoms in total. The first kappa shape index (κ1) is 17.4. The van der Waals surface area contributed by atoms with Gasteiger partial charge >= 0.3 is 0 Å². The number of carbonyl (C=O) groups is 1. The van der Waals surface area contributed by atoms with Gasteiger partial charge in [-0.3, -0.25) is 9.69 Å². The standard InChI is InChI=1S/C18H25N3O.C2H6/c1-2-14-10-20(11-14)12-15-4-3-5-16(19-15)17(22)21-9-8-18(13-21)6-7-18;1-2/h3-5,14H,2,6-13H2,1H3;1-2H3. The maximum atomic E-state index is 12.6. The average molecular weight is 329 g/mol. The van der Waals surface area contributed by atoms with Crippen molar-refractivity contribution >= 4 is 5.91 Å². The van der Waals surface area contributed by atoms with Gasteiger partial charge in [0.1, 0.15) is 5.69 Å². The van der Waals surface area contributed by atoms with E-state index in [4.69, 9.17) is 0 Å². The third-order valence-corrected chi connectivity index (χ3v) is 5.70. The van der Waals surface area contributed by atoms with E-state index >= 15 is 0 Å². The molecule has 132 valence electrons. The number of hydrogen-bond donors (Lipinski definition) is 0. The molecule has 1 aromatic rings. The van der Waals surface area contributed by atoms with Crippen molar-refractivity contribution in [2.75, 3.05) is 26.2 Å². The summed E-state index contributed by atoms with van der Waals surface area (Å²) in [6.45, 7) is 11.3. The van der Waals surface area contributed by atoms with Crippen LogP contribution in [0.15, 0.2) is 18.2 Å². The number of rotatable bonds is 4. The molecule has 1 spiro atoms. The third kappa shape index (κ3) is 3.64. The molecule has 3 heterocycles. The Bertz CT molecular complexity index is 576. The van der Waals surface area contributed by atoms with E-state index in [-0.39, 0.29) is 5.91 Å². The van der Waals surface area contributed by atoms with Gasteiger partial charge < -0.3 is 4.90 Å². The highest BCUT2D eigenvalue weighted by Crippen LogP contribution is 2.52. The highest BCUT2D eigenvalue weighted by Gasteiger charge is 2.48. The predicted molar refractivity (Wildman–Crippen MR) is 96.8 cm³/mol. The summed E-state index contributed by atoms with van der Waals surface area (Å²) in [5, 5.41) is 0. The van der Waals surface area contributed by atoms with Crippen LogP contribution in [-0.4, -0.2) is 46.9 Å². The Hall–Kier alpha value is -1.42. The first-order valence-electron chi connectivity index (χ1n) is 9.65. The van der Waals surface area contributed by atoms with Crippen molar-refractivity contribution in [1.29, 1.82) is 0 Å². The summed E-state index contributed by atoms with van der Waals surface area (Å²) < 4.78 is 0. The molecule has 4 rings (SSSR count). The van der Waals surface area contributed by atoms with Crippen LogP contribution < -0.4 is 0 Å². The fourth-order valence-corrected chi connectivity index (χ4v) is 3.84. The lowest BCUT2D eigenvalue weighted by Gasteiger charge is -2.38. The zero-order valence-corrected chi connectivity index (χ0v) is 15.4. The van der Waals surface area contributed by atoms with E-state index in [2.05, 4.69) is 16.8 Å². The summed E-state index contributed by atoms with van der Waals surface area (Å²) >= 11 is 0. The van der Waals surface area contributed by atoms with Gasteiger partial charge in [0.15, 0.2) is 0 Å². The van der Waals surface area contributed by atoms with E-state index in [9.17, 15) is 4.79 Å². The van der Waals surface area contributed by atoms with Crippen molar-refractivity contribution in [3.63, 3.8) is 0 Å². The van der Waals surface area contributed by atoms with Crippen molar-refractivity contribution in [2.24, 2.45) is 11.3 Å². The lowest BCUT2D eigenvalue weighted by Crippen LogP contribution is -2.45. The number of likely N-dealkylation sites (tertiary alicyclic amines) is 2. The summed E-state index contributed by atoms with van der Waals surface area (Å²) in [5.41, 5.74) is 2.14. The van der Waals surface area contributed by atoms with Gasteiger partial charge in [-0.15, -0.1) is 0 Å². The van der Waals surface area contributed by atoms with Crippen molar-refractivity contribution in [1.82, 2.24) is 14.8 Å². The van der Waals surface area contributed by atoms with Crippen LogP contribution in [0.25, 0.3) is 0 Å². The lowest BCUT2D eigenvalue weighted by atomic mass is 9.97. The minimum absolute atomic E-state index is 0.126. The summed E-state index contributed by atoms with van der Waals surface area (Å²) in [4.78, 5) is 21.7. The Morgan fingerprint density at radius 2 is 2.00 bits per heavy atom. The highest BCUT2D eigenvalue weighted by atomic mass is 16.2. The second-order valence-corrected chi connectivity index (χ2v) is 7.46. The van der Waals surface area contributed by atoms with Gasteiger partial charge in [-0.2, -0.15) is 0 Å². The molecule has 0 aromatic carbocycles. The smallest absolute Gasteiger partial charge is 0.272 e. The summed E-state index contributed by atoms with van der Waals surface area (Å²) in [5.74, 6) is 0.977. The molecule has 1 saturated carbocycles. The molecule has 24 heavy (non-hydrogen) atoms. The maximum Gasteiger partial charge on any atom is 0.272 e. The molecule has 0 unspecified atom stereocenters. The first-order chi connectivity index (χ1) is 11.7. The molecule has 1 amide bonds. The summed E-state index contributed by atoms with van der Waals surface area (Å²) in [7, 11) is 0. The fourth-order valence-electron chi connectivity index (χ4n) is 3.84. The van der Waals surface area contributed by atoms with E-state index in [0.29, 0.717) is 11.1 Å². The number of carbonyl (C=O) groups excluding carboxylic acids is 1. The van der Waals surface area contributed by atoms with Gasteiger partial charge in [-0.25, -0.2) is 4.98 Å². The van der Waals surface area contributed by atoms with Crippen molar-refractivity contribution in [3.8, 4) is 0 Å². The van der Waals surface area contributed by atoms with Gasteiger partial charge in [0.25, 0.3) is 5.91 Å². The Morgan fingerprint density at radius 3 is 2.62 bits per heavy atom. The van der Waals surface area contributed by atoms with E-state index < -0.39 is 0 Å². The number of amides is 1. The molecule has 2 saturated heterocycles. The third-order valence-electron chi connectivity index (χ3n) is 5.70. The van der Waals surface area contributed by atoms with Gasteiger partial charge in [-0.05, 0) is 42.7 Å². The number of hydrogen-bond acceptors (Lipinski definition) is 3. The molecular formula is C20H31N3O. The number of nitrogens with zero attached hydrogens (tertiary/aromatic N) is 3. The van der Waals surface area contributed by atoms with E-state index in [1.165, 1.54) is 38.8 Å². The molecule has 0 N–H and O–H groups in total. The molecule has 1 aliphatic carbocycles. The van der Waals surface area contributed by atoms with Crippen LogP contribution in [0, 0.1) is 11.3 Å². The topological polar surface area (TPSA) is 36.4 Å². The van der Waals surface area contributed by atoms with Gasteiger partial charge in [-0.1, -0.05) is 33.3 Å². The lowest BCUT2D eigenvalue weighted by molar-refractivity contribution is 0.0774. The van der Waals surface area contributed by atoms with Crippen molar-refractivity contribution in [2.45, 2.75) is 53.0 Å². The fraction of sp³-hybridized carbons (Fsp3) is 0.700. The van der Waals surface area contributed by atoms with Crippen LogP contribution in [0.4, 0.5) is 0 Å². The molecule has 3 fully saturated rings. The van der Waals surface area contributed by atoms with E-state index in [0.717, 1.165) is 31.2 Å². The second-order valence-electron chi connectivity index (χ2n) is 7.46. The zero-order chi connectivity index (χ0) is 17.2. The van der Waals surface area contributed by atoms with Crippen LogP contribution >= 0.6 is 0 Å².